The van der Waals surface area contributed by atoms with Crippen LogP contribution in [0.25, 0.3) is 0 Å². The lowest BCUT2D eigenvalue weighted by Gasteiger charge is -2.33. The average Bonchev–Trinajstić information content (AvgIpc) is 3.72. The third-order valence-corrected chi connectivity index (χ3v) is 9.01. The molecule has 10 unspecified atom stereocenters. The van der Waals surface area contributed by atoms with Gasteiger partial charge in [0.1, 0.15) is 11.7 Å². The summed E-state index contributed by atoms with van der Waals surface area (Å²) in [4.78, 5) is 29.3. The van der Waals surface area contributed by atoms with Crippen LogP contribution in [0.3, 0.4) is 0 Å². The number of amides is 1. The molecule has 46 heavy (non-hydrogen) atoms. The minimum absolute atomic E-state index is 0.0124. The van der Waals surface area contributed by atoms with Gasteiger partial charge in [0, 0.05) is 31.8 Å². The van der Waals surface area contributed by atoms with Crippen LogP contribution in [0.15, 0.2) is 36.0 Å². The van der Waals surface area contributed by atoms with Crippen molar-refractivity contribution in [2.45, 2.75) is 128 Å². The number of aliphatic hydroxyl groups excluding tert-OH is 2. The third kappa shape index (κ3) is 13.1. The Hall–Kier alpha value is -2.28. The number of hydrogen-bond acceptors (Lipinski definition) is 10. The smallest absolute Gasteiger partial charge is 0.410 e. The number of rotatable bonds is 13. The molecule has 264 valence electrons. The van der Waals surface area contributed by atoms with Gasteiger partial charge in [-0.2, -0.15) is 0 Å². The van der Waals surface area contributed by atoms with E-state index in [0.29, 0.717) is 25.0 Å². The first-order valence-electron chi connectivity index (χ1n) is 16.6. The Morgan fingerprint density at radius 1 is 1.26 bits per heavy atom. The van der Waals surface area contributed by atoms with Gasteiger partial charge < -0.3 is 44.4 Å². The number of aliphatic hydroxyl groups is 4. The predicted molar refractivity (Wildman–Crippen MR) is 177 cm³/mol. The number of epoxide rings is 1. The molecule has 0 aromatic heterocycles. The van der Waals surface area contributed by atoms with Gasteiger partial charge in [-0.25, -0.2) is 4.79 Å². The van der Waals surface area contributed by atoms with Crippen molar-refractivity contribution in [3.05, 3.63) is 36.0 Å². The SMILES string of the molecule is CCC(O)C(C)C1OC1CC(C)(O)/C=C/C=C(\C)C1OC(=O)CC(O)CCC(C)(O)C(OC(=O)N(C)CCCN(C)C)/C=C/C1C. The summed E-state index contributed by atoms with van der Waals surface area (Å²) in [5.41, 5.74) is -1.95. The molecule has 0 saturated carbocycles. The normalized spacial score (nSPS) is 32.9. The Morgan fingerprint density at radius 2 is 1.93 bits per heavy atom. The molecule has 0 radical (unpaired) electrons. The Kier molecular flexibility index (Phi) is 15.4. The van der Waals surface area contributed by atoms with Gasteiger partial charge >= 0.3 is 12.1 Å². The van der Waals surface area contributed by atoms with Crippen molar-refractivity contribution in [1.82, 2.24) is 9.80 Å². The van der Waals surface area contributed by atoms with Gasteiger partial charge in [0.15, 0.2) is 6.10 Å². The Balaban J connectivity index is 2.20. The summed E-state index contributed by atoms with van der Waals surface area (Å²) in [6.07, 6.45) is 6.29. The molecule has 4 N–H and O–H groups in total. The molecule has 0 aromatic carbocycles. The molecule has 11 nitrogen and oxygen atoms in total. The lowest BCUT2D eigenvalue weighted by molar-refractivity contribution is -0.151. The van der Waals surface area contributed by atoms with E-state index in [4.69, 9.17) is 14.2 Å². The Morgan fingerprint density at radius 3 is 2.57 bits per heavy atom. The van der Waals surface area contributed by atoms with E-state index in [-0.39, 0.29) is 43.3 Å². The second-order valence-electron chi connectivity index (χ2n) is 14.1. The molecule has 1 amide bonds. The van der Waals surface area contributed by atoms with Crippen molar-refractivity contribution in [3.8, 4) is 0 Å². The average molecular weight is 653 g/mol. The van der Waals surface area contributed by atoms with Gasteiger partial charge in [0.25, 0.3) is 0 Å². The van der Waals surface area contributed by atoms with Crippen molar-refractivity contribution in [2.75, 3.05) is 34.2 Å². The van der Waals surface area contributed by atoms with E-state index in [1.165, 1.54) is 4.90 Å². The number of carbonyl (C=O) groups excluding carboxylic acids is 2. The molecular formula is C35H60N2O9. The lowest BCUT2D eigenvalue weighted by Crippen LogP contribution is -2.44. The minimum atomic E-state index is -1.49. The van der Waals surface area contributed by atoms with Gasteiger partial charge in [-0.1, -0.05) is 45.1 Å². The number of cyclic esters (lactones) is 1. The molecule has 2 heterocycles. The fourth-order valence-electron chi connectivity index (χ4n) is 5.72. The molecule has 0 aliphatic carbocycles. The molecule has 2 rings (SSSR count). The zero-order valence-electron chi connectivity index (χ0n) is 29.4. The standard InChI is InChI=1S/C35H60N2O9/c1-10-27(39)25(4)32-28(44-32)22-34(5,42)17-11-13-23(2)31-24(3)14-15-29(45-33(41)37(9)20-12-19-36(7)8)35(6,43)18-16-26(38)21-30(40)46-31/h11,13-15,17,24-29,31-32,38-39,42-43H,10,12,16,18-22H2,1-9H3/b15-14+,17-11+,23-13+. The molecule has 0 spiro atoms. The summed E-state index contributed by atoms with van der Waals surface area (Å²) in [5.74, 6) is -0.960. The van der Waals surface area contributed by atoms with E-state index in [1.54, 1.807) is 51.3 Å². The van der Waals surface area contributed by atoms with Crippen LogP contribution in [0.4, 0.5) is 4.79 Å². The molecule has 2 aliphatic heterocycles. The van der Waals surface area contributed by atoms with Crippen LogP contribution >= 0.6 is 0 Å². The number of hydrogen-bond donors (Lipinski definition) is 4. The Labute approximate surface area is 275 Å². The van der Waals surface area contributed by atoms with Crippen molar-refractivity contribution >= 4 is 12.1 Å². The van der Waals surface area contributed by atoms with Crippen LogP contribution in [0, 0.1) is 11.8 Å². The summed E-state index contributed by atoms with van der Waals surface area (Å²) in [7, 11) is 5.58. The fourth-order valence-corrected chi connectivity index (χ4v) is 5.72. The maximum absolute atomic E-state index is 12.9. The summed E-state index contributed by atoms with van der Waals surface area (Å²) < 4.78 is 17.3. The number of allylic oxidation sites excluding steroid dienone is 2. The predicted octanol–water partition coefficient (Wildman–Crippen LogP) is 3.59. The number of carbonyl (C=O) groups is 2. The summed E-state index contributed by atoms with van der Waals surface area (Å²) in [6.45, 7) is 12.1. The topological polar surface area (TPSA) is 153 Å². The third-order valence-electron chi connectivity index (χ3n) is 9.01. The van der Waals surface area contributed by atoms with E-state index in [1.807, 2.05) is 46.7 Å². The van der Waals surface area contributed by atoms with Crippen LogP contribution in [0.5, 0.6) is 0 Å². The van der Waals surface area contributed by atoms with Gasteiger partial charge in [0.05, 0.1) is 36.4 Å². The van der Waals surface area contributed by atoms with Crippen molar-refractivity contribution in [3.63, 3.8) is 0 Å². The van der Waals surface area contributed by atoms with Crippen LogP contribution in [-0.4, -0.2) is 124 Å². The molecule has 11 heteroatoms. The number of ether oxygens (including phenoxy) is 3. The zero-order valence-corrected chi connectivity index (χ0v) is 29.4. The molecule has 0 bridgehead atoms. The van der Waals surface area contributed by atoms with Crippen LogP contribution in [-0.2, 0) is 19.0 Å². The lowest BCUT2D eigenvalue weighted by atomic mass is 9.88. The first-order valence-corrected chi connectivity index (χ1v) is 16.6. The maximum atomic E-state index is 12.9. The van der Waals surface area contributed by atoms with Gasteiger partial charge in [-0.05, 0) is 78.7 Å². The van der Waals surface area contributed by atoms with E-state index < -0.39 is 47.7 Å². The van der Waals surface area contributed by atoms with E-state index in [9.17, 15) is 30.0 Å². The summed E-state index contributed by atoms with van der Waals surface area (Å²) in [5, 5.41) is 43.0. The van der Waals surface area contributed by atoms with Gasteiger partial charge in [0.2, 0.25) is 0 Å². The van der Waals surface area contributed by atoms with Crippen molar-refractivity contribution < 1.29 is 44.2 Å². The highest BCUT2D eigenvalue weighted by atomic mass is 16.6. The minimum Gasteiger partial charge on any atom is -0.457 e. The second-order valence-corrected chi connectivity index (χ2v) is 14.1. The summed E-state index contributed by atoms with van der Waals surface area (Å²) in [6, 6.07) is 0. The maximum Gasteiger partial charge on any atom is 0.410 e. The number of esters is 1. The highest BCUT2D eigenvalue weighted by molar-refractivity contribution is 5.70. The molecule has 2 aliphatic rings. The monoisotopic (exact) mass is 652 g/mol. The summed E-state index contributed by atoms with van der Waals surface area (Å²) >= 11 is 0. The van der Waals surface area contributed by atoms with Gasteiger partial charge in [-0.15, -0.1) is 0 Å². The first-order chi connectivity index (χ1) is 21.4. The zero-order chi connectivity index (χ0) is 34.8. The molecule has 1 fully saturated rings. The van der Waals surface area contributed by atoms with E-state index in [0.717, 1.165) is 13.0 Å². The quantitative estimate of drug-likeness (QED) is 0.101. The van der Waals surface area contributed by atoms with Crippen LogP contribution in [0.2, 0.25) is 0 Å². The van der Waals surface area contributed by atoms with E-state index >= 15 is 0 Å². The van der Waals surface area contributed by atoms with Crippen LogP contribution in [0.1, 0.15) is 80.1 Å². The second kappa shape index (κ2) is 17.8. The molecule has 1 saturated heterocycles. The van der Waals surface area contributed by atoms with Crippen molar-refractivity contribution in [2.24, 2.45) is 11.8 Å². The highest BCUT2D eigenvalue weighted by Gasteiger charge is 2.47. The van der Waals surface area contributed by atoms with Gasteiger partial charge in [-0.3, -0.25) is 4.79 Å². The van der Waals surface area contributed by atoms with Crippen molar-refractivity contribution in [1.29, 1.82) is 0 Å². The molecule has 10 atom stereocenters. The van der Waals surface area contributed by atoms with Crippen LogP contribution < -0.4 is 0 Å². The highest BCUT2D eigenvalue weighted by Crippen LogP contribution is 2.37. The first kappa shape index (κ1) is 39.9. The fraction of sp³-hybridized carbons (Fsp3) is 0.771. The Bertz CT molecular complexity index is 1070. The number of nitrogens with zero attached hydrogens (tertiary/aromatic N) is 2. The molecule has 0 aromatic rings. The van der Waals surface area contributed by atoms with E-state index in [2.05, 4.69) is 0 Å². The largest absolute Gasteiger partial charge is 0.457 e. The molecular weight excluding hydrogens is 592 g/mol.